The van der Waals surface area contributed by atoms with E-state index >= 15 is 0 Å². The molecule has 2 N–H and O–H groups in total. The van der Waals surface area contributed by atoms with Gasteiger partial charge in [0.2, 0.25) is 0 Å². The van der Waals surface area contributed by atoms with Crippen molar-refractivity contribution in [1.82, 2.24) is 9.97 Å². The molecule has 0 saturated carbocycles. The zero-order valence-corrected chi connectivity index (χ0v) is 10.9. The number of carboxylic acid groups (broad SMARTS) is 1. The van der Waals surface area contributed by atoms with Crippen LogP contribution in [0.25, 0.3) is 11.4 Å². The van der Waals surface area contributed by atoms with Gasteiger partial charge in [0.05, 0.1) is 11.6 Å². The molecular weight excluding hydrogens is 264 g/mol. The van der Waals surface area contributed by atoms with Gasteiger partial charge in [-0.3, -0.25) is 4.79 Å². The Morgan fingerprint density at radius 2 is 2.11 bits per heavy atom. The van der Waals surface area contributed by atoms with Gasteiger partial charge >= 0.3 is 5.97 Å². The van der Waals surface area contributed by atoms with Crippen LogP contribution in [0.4, 0.5) is 0 Å². The highest BCUT2D eigenvalue weighted by atomic mass is 35.5. The van der Waals surface area contributed by atoms with Crippen molar-refractivity contribution in [2.24, 2.45) is 5.92 Å². The molecule has 1 aliphatic rings. The molecule has 98 valence electrons. The van der Waals surface area contributed by atoms with Crippen LogP contribution in [0.2, 0.25) is 5.02 Å². The summed E-state index contributed by atoms with van der Waals surface area (Å²) in [5, 5.41) is 9.76. The van der Waals surface area contributed by atoms with Gasteiger partial charge < -0.3 is 10.1 Å². The van der Waals surface area contributed by atoms with Crippen molar-refractivity contribution in [1.29, 1.82) is 0 Å². The molecule has 1 aliphatic carbocycles. The number of aliphatic carboxylic acids is 1. The van der Waals surface area contributed by atoms with Gasteiger partial charge in [-0.2, -0.15) is 0 Å². The molecule has 1 unspecified atom stereocenters. The van der Waals surface area contributed by atoms with Gasteiger partial charge in [-0.25, -0.2) is 4.98 Å². The number of carboxylic acids is 1. The Kier molecular flexibility index (Phi) is 3.03. The molecule has 3 rings (SSSR count). The number of halogens is 1. The van der Waals surface area contributed by atoms with Gasteiger partial charge in [-0.15, -0.1) is 0 Å². The number of rotatable bonds is 2. The van der Waals surface area contributed by atoms with E-state index in [4.69, 9.17) is 16.7 Å². The molecule has 5 heteroatoms. The number of aromatic nitrogens is 2. The lowest BCUT2D eigenvalue weighted by Crippen LogP contribution is -2.22. The quantitative estimate of drug-likeness (QED) is 0.886. The first-order chi connectivity index (χ1) is 9.13. The van der Waals surface area contributed by atoms with E-state index in [1.165, 1.54) is 0 Å². The summed E-state index contributed by atoms with van der Waals surface area (Å²) in [4.78, 5) is 18.8. The van der Waals surface area contributed by atoms with Crippen molar-refractivity contribution in [3.8, 4) is 11.4 Å². The second kappa shape index (κ2) is 4.70. The normalized spacial score (nSPS) is 18.1. The maximum Gasteiger partial charge on any atom is 0.306 e. The smallest absolute Gasteiger partial charge is 0.306 e. The van der Waals surface area contributed by atoms with E-state index < -0.39 is 5.97 Å². The molecule has 0 bridgehead atoms. The molecule has 0 aliphatic heterocycles. The molecule has 2 aromatic rings. The predicted octanol–water partition coefficient (Wildman–Crippen LogP) is 2.92. The van der Waals surface area contributed by atoms with Crippen LogP contribution in [0, 0.1) is 5.92 Å². The van der Waals surface area contributed by atoms with Gasteiger partial charge in [0.15, 0.2) is 0 Å². The van der Waals surface area contributed by atoms with Crippen molar-refractivity contribution in [3.63, 3.8) is 0 Å². The van der Waals surface area contributed by atoms with E-state index in [2.05, 4.69) is 9.97 Å². The van der Waals surface area contributed by atoms with E-state index in [0.717, 1.165) is 29.2 Å². The number of aryl methyl sites for hydroxylation is 1. The number of carbonyl (C=O) groups is 1. The lowest BCUT2D eigenvalue weighted by molar-refractivity contribution is -0.142. The summed E-state index contributed by atoms with van der Waals surface area (Å²) in [6.45, 7) is 0. The molecular formula is C14H13ClN2O2. The first kappa shape index (κ1) is 12.2. The summed E-state index contributed by atoms with van der Waals surface area (Å²) >= 11 is 5.86. The number of benzene rings is 1. The molecule has 0 amide bonds. The number of aromatic amines is 1. The van der Waals surface area contributed by atoms with Crippen LogP contribution in [0.5, 0.6) is 0 Å². The zero-order chi connectivity index (χ0) is 13.4. The Hall–Kier alpha value is -1.81. The van der Waals surface area contributed by atoms with Crippen molar-refractivity contribution < 1.29 is 9.90 Å². The fourth-order valence-corrected chi connectivity index (χ4v) is 2.56. The number of imidazole rings is 1. The highest BCUT2D eigenvalue weighted by molar-refractivity contribution is 6.30. The van der Waals surface area contributed by atoms with Gasteiger partial charge in [-0.05, 0) is 37.1 Å². The molecule has 4 nitrogen and oxygen atoms in total. The van der Waals surface area contributed by atoms with E-state index in [-0.39, 0.29) is 5.92 Å². The van der Waals surface area contributed by atoms with Crippen molar-refractivity contribution in [2.75, 3.05) is 0 Å². The fourth-order valence-electron chi connectivity index (χ4n) is 2.44. The Labute approximate surface area is 115 Å². The minimum atomic E-state index is -0.728. The Morgan fingerprint density at radius 1 is 1.37 bits per heavy atom. The molecule has 1 heterocycles. The minimum absolute atomic E-state index is 0.300. The lowest BCUT2D eigenvalue weighted by Gasteiger charge is -2.16. The Morgan fingerprint density at radius 3 is 2.79 bits per heavy atom. The van der Waals surface area contributed by atoms with Gasteiger partial charge in [0.1, 0.15) is 5.82 Å². The van der Waals surface area contributed by atoms with E-state index in [0.29, 0.717) is 17.9 Å². The van der Waals surface area contributed by atoms with Crippen molar-refractivity contribution in [2.45, 2.75) is 19.3 Å². The van der Waals surface area contributed by atoms with Crippen LogP contribution in [-0.4, -0.2) is 21.0 Å². The number of nitrogens with one attached hydrogen (secondary N) is 1. The second-order valence-corrected chi connectivity index (χ2v) is 5.23. The lowest BCUT2D eigenvalue weighted by atomic mass is 9.90. The molecule has 0 fully saturated rings. The van der Waals surface area contributed by atoms with Gasteiger partial charge in [0.25, 0.3) is 0 Å². The molecule has 0 radical (unpaired) electrons. The average molecular weight is 277 g/mol. The minimum Gasteiger partial charge on any atom is -0.481 e. The molecule has 1 aromatic carbocycles. The first-order valence-corrected chi connectivity index (χ1v) is 6.58. The fraction of sp³-hybridized carbons (Fsp3) is 0.286. The summed E-state index contributed by atoms with van der Waals surface area (Å²) < 4.78 is 0. The van der Waals surface area contributed by atoms with E-state index in [1.54, 1.807) is 0 Å². The summed E-state index contributed by atoms with van der Waals surface area (Å²) in [5.41, 5.74) is 2.90. The number of hydrogen-bond donors (Lipinski definition) is 2. The average Bonchev–Trinajstić information content (AvgIpc) is 2.82. The van der Waals surface area contributed by atoms with Crippen LogP contribution in [0.15, 0.2) is 24.3 Å². The number of hydrogen-bond acceptors (Lipinski definition) is 2. The summed E-state index contributed by atoms with van der Waals surface area (Å²) in [6, 6.07) is 7.44. The van der Waals surface area contributed by atoms with Crippen LogP contribution in [-0.2, 0) is 17.6 Å². The Balaban J connectivity index is 1.91. The Bertz CT molecular complexity index is 619. The van der Waals surface area contributed by atoms with Gasteiger partial charge in [0, 0.05) is 22.7 Å². The van der Waals surface area contributed by atoms with E-state index in [9.17, 15) is 4.79 Å². The zero-order valence-electron chi connectivity index (χ0n) is 10.2. The van der Waals surface area contributed by atoms with Crippen LogP contribution >= 0.6 is 11.6 Å². The standard InChI is InChI=1S/C14H13ClN2O2/c15-10-4-1-8(2-5-10)13-16-11-6-3-9(14(18)19)7-12(11)17-13/h1-2,4-5,9H,3,6-7H2,(H,16,17)(H,18,19). The van der Waals surface area contributed by atoms with Crippen molar-refractivity contribution in [3.05, 3.63) is 40.7 Å². The van der Waals surface area contributed by atoms with Gasteiger partial charge in [-0.1, -0.05) is 11.6 Å². The summed E-state index contributed by atoms with van der Waals surface area (Å²) in [7, 11) is 0. The monoisotopic (exact) mass is 276 g/mol. The van der Waals surface area contributed by atoms with Crippen LogP contribution < -0.4 is 0 Å². The third-order valence-corrected chi connectivity index (χ3v) is 3.76. The maximum atomic E-state index is 11.0. The predicted molar refractivity (Wildman–Crippen MR) is 72.2 cm³/mol. The number of H-pyrrole nitrogens is 1. The largest absolute Gasteiger partial charge is 0.481 e. The topological polar surface area (TPSA) is 66.0 Å². The molecule has 1 atom stereocenters. The number of fused-ring (bicyclic) bond motifs is 1. The highest BCUT2D eigenvalue weighted by Crippen LogP contribution is 2.27. The third-order valence-electron chi connectivity index (χ3n) is 3.51. The van der Waals surface area contributed by atoms with Crippen LogP contribution in [0.1, 0.15) is 17.8 Å². The molecule has 0 saturated heterocycles. The van der Waals surface area contributed by atoms with Crippen molar-refractivity contribution >= 4 is 17.6 Å². The first-order valence-electron chi connectivity index (χ1n) is 6.20. The highest BCUT2D eigenvalue weighted by Gasteiger charge is 2.26. The maximum absolute atomic E-state index is 11.0. The molecule has 0 spiro atoms. The summed E-state index contributed by atoms with van der Waals surface area (Å²) in [6.07, 6.45) is 1.91. The van der Waals surface area contributed by atoms with Crippen LogP contribution in [0.3, 0.4) is 0 Å². The summed E-state index contributed by atoms with van der Waals surface area (Å²) in [5.74, 6) is -0.244. The SMILES string of the molecule is O=C(O)C1CCc2nc(-c3ccc(Cl)cc3)[nH]c2C1. The second-order valence-electron chi connectivity index (χ2n) is 4.80. The van der Waals surface area contributed by atoms with E-state index in [1.807, 2.05) is 24.3 Å². The molecule has 19 heavy (non-hydrogen) atoms. The molecule has 1 aromatic heterocycles. The number of nitrogens with zero attached hydrogens (tertiary/aromatic N) is 1. The third kappa shape index (κ3) is 2.36.